The average molecular weight is 407 g/mol. The molecule has 30 heavy (non-hydrogen) atoms. The monoisotopic (exact) mass is 407 g/mol. The van der Waals surface area contributed by atoms with Gasteiger partial charge < -0.3 is 14.7 Å². The van der Waals surface area contributed by atoms with E-state index in [0.717, 1.165) is 17.9 Å². The molecule has 2 aromatic carbocycles. The molecule has 1 heterocycles. The van der Waals surface area contributed by atoms with Crippen LogP contribution in [0.2, 0.25) is 0 Å². The van der Waals surface area contributed by atoms with Crippen LogP contribution in [0.4, 0.5) is 15.9 Å². The highest BCUT2D eigenvalue weighted by Gasteiger charge is 2.25. The zero-order chi connectivity index (χ0) is 21.1. The molecule has 154 valence electrons. The highest BCUT2D eigenvalue weighted by molar-refractivity contribution is 5.82. The van der Waals surface area contributed by atoms with E-state index in [1.165, 1.54) is 43.4 Å². The van der Waals surface area contributed by atoms with Gasteiger partial charge in [-0.15, -0.1) is 0 Å². The number of nitrogens with zero attached hydrogens (tertiary/aromatic N) is 3. The third-order valence-electron chi connectivity index (χ3n) is 5.08. The maximum absolute atomic E-state index is 13.4. The molecule has 0 spiro atoms. The van der Waals surface area contributed by atoms with Gasteiger partial charge in [-0.25, -0.2) is 19.2 Å². The van der Waals surface area contributed by atoms with Crippen molar-refractivity contribution in [1.29, 1.82) is 0 Å². The molecule has 1 aliphatic carbocycles. The SMILES string of the molecule is C[C@@H](C(=O)O)N(c1ccc(F)cc1)c1cc(-c2ccc(OCC3CC3)cc2)ncn1. The standard InChI is InChI=1S/C23H22FN3O3/c1-15(23(28)29)27(19-8-6-18(24)7-9-19)22-12-21(25-14-26-22)17-4-10-20(11-5-17)30-13-16-2-3-16/h4-12,14-16H,2-3,13H2,1H3,(H,28,29)/t15-/m0/s1. The number of hydrogen-bond acceptors (Lipinski definition) is 5. The smallest absolute Gasteiger partial charge is 0.326 e. The maximum Gasteiger partial charge on any atom is 0.326 e. The number of carboxylic acids is 1. The first-order chi connectivity index (χ1) is 14.5. The van der Waals surface area contributed by atoms with Crippen molar-refractivity contribution in [1.82, 2.24) is 9.97 Å². The Hall–Kier alpha value is -3.48. The first kappa shape index (κ1) is 19.8. The summed E-state index contributed by atoms with van der Waals surface area (Å²) >= 11 is 0. The van der Waals surface area contributed by atoms with Crippen LogP contribution in [0, 0.1) is 11.7 Å². The third kappa shape index (κ3) is 4.56. The molecular weight excluding hydrogens is 385 g/mol. The summed E-state index contributed by atoms with van der Waals surface area (Å²) < 4.78 is 19.1. The lowest BCUT2D eigenvalue weighted by atomic mass is 10.1. The minimum absolute atomic E-state index is 0.394. The van der Waals surface area contributed by atoms with E-state index in [2.05, 4.69) is 9.97 Å². The summed E-state index contributed by atoms with van der Waals surface area (Å²) in [6.07, 6.45) is 3.87. The van der Waals surface area contributed by atoms with Gasteiger partial charge >= 0.3 is 5.97 Å². The molecule has 0 bridgehead atoms. The number of carboxylic acid groups (broad SMARTS) is 1. The second-order valence-electron chi connectivity index (χ2n) is 7.40. The van der Waals surface area contributed by atoms with Gasteiger partial charge in [0.25, 0.3) is 0 Å². The fraction of sp³-hybridized carbons (Fsp3) is 0.261. The van der Waals surface area contributed by atoms with E-state index < -0.39 is 17.8 Å². The second kappa shape index (κ2) is 8.49. The molecule has 3 aromatic rings. The molecule has 1 N–H and O–H groups in total. The molecule has 0 saturated heterocycles. The van der Waals surface area contributed by atoms with Crippen LogP contribution in [-0.2, 0) is 4.79 Å². The Morgan fingerprint density at radius 3 is 2.50 bits per heavy atom. The summed E-state index contributed by atoms with van der Waals surface area (Å²) in [5, 5.41) is 9.57. The predicted octanol–water partition coefficient (Wildman–Crippen LogP) is 4.68. The molecule has 0 aliphatic heterocycles. The predicted molar refractivity (Wildman–Crippen MR) is 111 cm³/mol. The lowest BCUT2D eigenvalue weighted by Crippen LogP contribution is -2.36. The van der Waals surface area contributed by atoms with Crippen LogP contribution < -0.4 is 9.64 Å². The Kier molecular flexibility index (Phi) is 5.61. The summed E-state index contributed by atoms with van der Waals surface area (Å²) in [6, 6.07) is 14.1. The largest absolute Gasteiger partial charge is 0.493 e. The maximum atomic E-state index is 13.4. The van der Waals surface area contributed by atoms with E-state index in [4.69, 9.17) is 4.74 Å². The van der Waals surface area contributed by atoms with Crippen molar-refractivity contribution in [3.63, 3.8) is 0 Å². The Labute approximate surface area is 174 Å². The summed E-state index contributed by atoms with van der Waals surface area (Å²) in [6.45, 7) is 2.30. The lowest BCUT2D eigenvalue weighted by Gasteiger charge is -2.27. The van der Waals surface area contributed by atoms with Crippen molar-refractivity contribution >= 4 is 17.5 Å². The average Bonchev–Trinajstić information content (AvgIpc) is 3.59. The normalized spacial score (nSPS) is 14.2. The Morgan fingerprint density at radius 1 is 1.17 bits per heavy atom. The van der Waals surface area contributed by atoms with Crippen molar-refractivity contribution in [3.8, 4) is 17.0 Å². The molecule has 0 unspecified atom stereocenters. The number of anilines is 2. The van der Waals surface area contributed by atoms with E-state index in [-0.39, 0.29) is 0 Å². The molecule has 6 nitrogen and oxygen atoms in total. The molecule has 1 aliphatic rings. The Balaban J connectivity index is 1.62. The van der Waals surface area contributed by atoms with Crippen molar-refractivity contribution in [3.05, 3.63) is 66.7 Å². The van der Waals surface area contributed by atoms with Gasteiger partial charge in [0.05, 0.1) is 12.3 Å². The number of aliphatic carboxylic acids is 1. The topological polar surface area (TPSA) is 75.5 Å². The second-order valence-corrected chi connectivity index (χ2v) is 7.40. The van der Waals surface area contributed by atoms with Crippen molar-refractivity contribution in [2.75, 3.05) is 11.5 Å². The van der Waals surface area contributed by atoms with Crippen LogP contribution >= 0.6 is 0 Å². The van der Waals surface area contributed by atoms with Gasteiger partial charge in [-0.3, -0.25) is 0 Å². The Bertz CT molecular complexity index is 1020. The van der Waals surface area contributed by atoms with Crippen LogP contribution in [0.3, 0.4) is 0 Å². The number of halogens is 1. The van der Waals surface area contributed by atoms with Crippen molar-refractivity contribution in [2.45, 2.75) is 25.8 Å². The van der Waals surface area contributed by atoms with Crippen LogP contribution in [0.25, 0.3) is 11.3 Å². The number of rotatable bonds is 8. The summed E-state index contributed by atoms with van der Waals surface area (Å²) in [5.41, 5.74) is 2.04. The number of carbonyl (C=O) groups is 1. The zero-order valence-electron chi connectivity index (χ0n) is 16.5. The van der Waals surface area contributed by atoms with Gasteiger partial charge in [0, 0.05) is 17.3 Å². The molecule has 1 atom stereocenters. The van der Waals surface area contributed by atoms with Crippen LogP contribution in [-0.4, -0.2) is 33.7 Å². The minimum Gasteiger partial charge on any atom is -0.493 e. The highest BCUT2D eigenvalue weighted by atomic mass is 19.1. The van der Waals surface area contributed by atoms with Gasteiger partial charge in [-0.05, 0) is 74.2 Å². The van der Waals surface area contributed by atoms with Crippen LogP contribution in [0.5, 0.6) is 5.75 Å². The first-order valence-corrected chi connectivity index (χ1v) is 9.84. The quantitative estimate of drug-likeness (QED) is 0.584. The number of aromatic nitrogens is 2. The summed E-state index contributed by atoms with van der Waals surface area (Å²) in [7, 11) is 0. The van der Waals surface area contributed by atoms with E-state index in [1.54, 1.807) is 17.9 Å². The fourth-order valence-corrected chi connectivity index (χ4v) is 3.12. The minimum atomic E-state index is -1.02. The van der Waals surface area contributed by atoms with Crippen molar-refractivity contribution < 1.29 is 19.0 Å². The molecule has 1 aromatic heterocycles. The molecule has 7 heteroatoms. The van der Waals surface area contributed by atoms with Gasteiger partial charge in [-0.1, -0.05) is 0 Å². The van der Waals surface area contributed by atoms with Gasteiger partial charge in [0.1, 0.15) is 29.8 Å². The van der Waals surface area contributed by atoms with E-state index in [0.29, 0.717) is 23.1 Å². The first-order valence-electron chi connectivity index (χ1n) is 9.84. The molecule has 0 amide bonds. The van der Waals surface area contributed by atoms with Gasteiger partial charge in [0.15, 0.2) is 0 Å². The summed E-state index contributed by atoms with van der Waals surface area (Å²) in [5.74, 6) is 0.497. The van der Waals surface area contributed by atoms with Gasteiger partial charge in [-0.2, -0.15) is 0 Å². The van der Waals surface area contributed by atoms with E-state index in [1.807, 2.05) is 24.3 Å². The molecule has 1 fully saturated rings. The third-order valence-corrected chi connectivity index (χ3v) is 5.08. The number of ether oxygens (including phenoxy) is 1. The number of hydrogen-bond donors (Lipinski definition) is 1. The van der Waals surface area contributed by atoms with E-state index in [9.17, 15) is 14.3 Å². The van der Waals surface area contributed by atoms with Crippen LogP contribution in [0.1, 0.15) is 19.8 Å². The van der Waals surface area contributed by atoms with Crippen LogP contribution in [0.15, 0.2) is 60.9 Å². The van der Waals surface area contributed by atoms with Gasteiger partial charge in [0.2, 0.25) is 0 Å². The zero-order valence-corrected chi connectivity index (χ0v) is 16.5. The lowest BCUT2D eigenvalue weighted by molar-refractivity contribution is -0.138. The Morgan fingerprint density at radius 2 is 1.87 bits per heavy atom. The van der Waals surface area contributed by atoms with Crippen molar-refractivity contribution in [2.24, 2.45) is 5.92 Å². The molecular formula is C23H22FN3O3. The molecule has 1 saturated carbocycles. The number of benzene rings is 2. The van der Waals surface area contributed by atoms with E-state index >= 15 is 0 Å². The highest BCUT2D eigenvalue weighted by Crippen LogP contribution is 2.31. The summed E-state index contributed by atoms with van der Waals surface area (Å²) in [4.78, 5) is 21.8. The molecule has 0 radical (unpaired) electrons. The fourth-order valence-electron chi connectivity index (χ4n) is 3.12. The molecule has 4 rings (SSSR count).